The highest BCUT2D eigenvalue weighted by Crippen LogP contribution is 2.01. The third kappa shape index (κ3) is 4.28. The van der Waals surface area contributed by atoms with Gasteiger partial charge >= 0.3 is 0 Å². The summed E-state index contributed by atoms with van der Waals surface area (Å²) in [6.07, 6.45) is 9.98. The van der Waals surface area contributed by atoms with Gasteiger partial charge in [-0.15, -0.1) is 0 Å². The molecule has 0 amide bonds. The zero-order valence-corrected chi connectivity index (χ0v) is 7.25. The summed E-state index contributed by atoms with van der Waals surface area (Å²) in [5.41, 5.74) is 6.96. The number of rotatable bonds is 4. The van der Waals surface area contributed by atoms with Crippen molar-refractivity contribution in [2.75, 3.05) is 0 Å². The van der Waals surface area contributed by atoms with Gasteiger partial charge in [0.2, 0.25) is 0 Å². The molecule has 12 heavy (non-hydrogen) atoms. The molecule has 0 saturated heterocycles. The minimum Gasteiger partial charge on any atom is -0.398 e. The van der Waals surface area contributed by atoms with Crippen LogP contribution in [0.5, 0.6) is 0 Å². The van der Waals surface area contributed by atoms with E-state index in [1.807, 2.05) is 19.1 Å². The summed E-state index contributed by atoms with van der Waals surface area (Å²) in [6.45, 7) is 5.64. The predicted molar refractivity (Wildman–Crippen MR) is 54.1 cm³/mol. The molecule has 0 bridgehead atoms. The second-order valence-electron chi connectivity index (χ2n) is 2.20. The van der Waals surface area contributed by atoms with Gasteiger partial charge in [-0.25, -0.2) is 0 Å². The molecule has 3 N–H and O–H groups in total. The quantitative estimate of drug-likeness (QED) is 0.483. The molecular weight excluding hydrogens is 148 g/mol. The van der Waals surface area contributed by atoms with Crippen molar-refractivity contribution in [2.24, 2.45) is 5.73 Å². The van der Waals surface area contributed by atoms with E-state index in [2.05, 4.69) is 6.58 Å². The summed E-state index contributed by atoms with van der Waals surface area (Å²) >= 11 is 0. The highest BCUT2D eigenvalue weighted by atomic mass is 14.6. The Morgan fingerprint density at radius 2 is 2.08 bits per heavy atom. The van der Waals surface area contributed by atoms with Crippen LogP contribution in [0.4, 0.5) is 0 Å². The molecule has 0 heterocycles. The van der Waals surface area contributed by atoms with E-state index in [4.69, 9.17) is 11.1 Å². The molecule has 0 aliphatic carbocycles. The maximum atomic E-state index is 6.75. The fourth-order valence-electron chi connectivity index (χ4n) is 0.567. The third-order valence-corrected chi connectivity index (χ3v) is 1.23. The molecule has 0 aromatic heterocycles. The van der Waals surface area contributed by atoms with Gasteiger partial charge < -0.3 is 11.1 Å². The normalized spacial score (nSPS) is 12.6. The number of hydrogen-bond acceptors (Lipinski definition) is 2. The molecule has 0 saturated carbocycles. The largest absolute Gasteiger partial charge is 0.398 e. The monoisotopic (exact) mass is 162 g/mol. The van der Waals surface area contributed by atoms with E-state index in [0.29, 0.717) is 5.70 Å². The van der Waals surface area contributed by atoms with Gasteiger partial charge in [0.05, 0.1) is 0 Å². The van der Waals surface area contributed by atoms with E-state index in [1.54, 1.807) is 18.2 Å². The Hall–Kier alpha value is -1.57. The predicted octanol–water partition coefficient (Wildman–Crippen LogP) is 2.17. The minimum atomic E-state index is 0.617. The van der Waals surface area contributed by atoms with Gasteiger partial charge in [-0.1, -0.05) is 24.8 Å². The first-order chi connectivity index (χ1) is 5.72. The van der Waals surface area contributed by atoms with Crippen LogP contribution >= 0.6 is 0 Å². The summed E-state index contributed by atoms with van der Waals surface area (Å²) in [5, 5.41) is 6.75. The average molecular weight is 162 g/mol. The lowest BCUT2D eigenvalue weighted by Crippen LogP contribution is -1.97. The van der Waals surface area contributed by atoms with Crippen LogP contribution < -0.4 is 5.73 Å². The molecule has 64 valence electrons. The highest BCUT2D eigenvalue weighted by molar-refractivity contribution is 5.69. The van der Waals surface area contributed by atoms with Crippen molar-refractivity contribution < 1.29 is 0 Å². The van der Waals surface area contributed by atoms with Crippen LogP contribution in [-0.4, -0.2) is 6.21 Å². The summed E-state index contributed by atoms with van der Waals surface area (Å²) in [6, 6.07) is 0. The SMILES string of the molecule is C=C(/C=C\C=N)/C(N)=C/C=C\C. The second kappa shape index (κ2) is 6.16. The van der Waals surface area contributed by atoms with Gasteiger partial charge in [0, 0.05) is 11.9 Å². The highest BCUT2D eigenvalue weighted by Gasteiger charge is 1.88. The second-order valence-corrected chi connectivity index (χ2v) is 2.20. The number of nitrogens with one attached hydrogen (secondary N) is 1. The standard InChI is InChI=1S/C10H14N2/c1-3-4-7-10(12)9(2)6-5-8-11/h3-8,11H,2,12H2,1H3/b4-3-,6-5-,10-7-,11-8?. The van der Waals surface area contributed by atoms with Crippen LogP contribution in [0.3, 0.4) is 0 Å². The molecule has 0 aliphatic heterocycles. The average Bonchev–Trinajstić information content (AvgIpc) is 2.10. The van der Waals surface area contributed by atoms with Gasteiger partial charge in [-0.2, -0.15) is 0 Å². The first kappa shape index (κ1) is 10.4. The molecule has 0 atom stereocenters. The van der Waals surface area contributed by atoms with Crippen LogP contribution in [0.15, 0.2) is 48.2 Å². The third-order valence-electron chi connectivity index (χ3n) is 1.23. The van der Waals surface area contributed by atoms with Crippen LogP contribution in [0.2, 0.25) is 0 Å². The first-order valence-corrected chi connectivity index (χ1v) is 3.67. The topological polar surface area (TPSA) is 49.9 Å². The van der Waals surface area contributed by atoms with E-state index in [-0.39, 0.29) is 0 Å². The van der Waals surface area contributed by atoms with Crippen molar-refractivity contribution >= 4 is 6.21 Å². The molecule has 0 spiro atoms. The Labute approximate surface area is 73.3 Å². The Morgan fingerprint density at radius 3 is 2.58 bits per heavy atom. The zero-order valence-electron chi connectivity index (χ0n) is 7.25. The van der Waals surface area contributed by atoms with Crippen molar-refractivity contribution in [1.82, 2.24) is 0 Å². The molecule has 2 nitrogen and oxygen atoms in total. The molecule has 2 heteroatoms. The Bertz CT molecular complexity index is 245. The van der Waals surface area contributed by atoms with Gasteiger partial charge in [0.1, 0.15) is 0 Å². The molecule has 0 aromatic rings. The zero-order chi connectivity index (χ0) is 9.40. The first-order valence-electron chi connectivity index (χ1n) is 3.67. The summed E-state index contributed by atoms with van der Waals surface area (Å²) in [5.74, 6) is 0. The summed E-state index contributed by atoms with van der Waals surface area (Å²) < 4.78 is 0. The van der Waals surface area contributed by atoms with Crippen molar-refractivity contribution in [3.05, 3.63) is 48.2 Å². The van der Waals surface area contributed by atoms with E-state index < -0.39 is 0 Å². The molecule has 0 aliphatic rings. The van der Waals surface area contributed by atoms with E-state index in [9.17, 15) is 0 Å². The molecule has 0 fully saturated rings. The van der Waals surface area contributed by atoms with Gasteiger partial charge in [0.15, 0.2) is 0 Å². The van der Waals surface area contributed by atoms with E-state index in [0.717, 1.165) is 5.57 Å². The molecule has 0 unspecified atom stereocenters. The molecule has 0 aromatic carbocycles. The maximum Gasteiger partial charge on any atom is 0.0381 e. The van der Waals surface area contributed by atoms with Gasteiger partial charge in [-0.3, -0.25) is 0 Å². The molecular formula is C10H14N2. The number of nitrogens with two attached hydrogens (primary N) is 1. The maximum absolute atomic E-state index is 6.75. The lowest BCUT2D eigenvalue weighted by atomic mass is 10.2. The van der Waals surface area contributed by atoms with Gasteiger partial charge in [-0.05, 0) is 24.6 Å². The van der Waals surface area contributed by atoms with E-state index in [1.165, 1.54) is 6.21 Å². The van der Waals surface area contributed by atoms with Crippen molar-refractivity contribution in [3.63, 3.8) is 0 Å². The van der Waals surface area contributed by atoms with E-state index >= 15 is 0 Å². The Morgan fingerprint density at radius 1 is 1.42 bits per heavy atom. The smallest absolute Gasteiger partial charge is 0.0381 e. The van der Waals surface area contributed by atoms with Crippen molar-refractivity contribution in [2.45, 2.75) is 6.92 Å². The van der Waals surface area contributed by atoms with Crippen LogP contribution in [-0.2, 0) is 0 Å². The molecule has 0 radical (unpaired) electrons. The Kier molecular flexibility index (Phi) is 5.35. The lowest BCUT2D eigenvalue weighted by molar-refractivity contribution is 1.36. The summed E-state index contributed by atoms with van der Waals surface area (Å²) in [7, 11) is 0. The van der Waals surface area contributed by atoms with Crippen LogP contribution in [0.25, 0.3) is 0 Å². The minimum absolute atomic E-state index is 0.617. The lowest BCUT2D eigenvalue weighted by Gasteiger charge is -1.96. The number of allylic oxidation sites excluding steroid dienone is 5. The Balaban J connectivity index is 4.28. The van der Waals surface area contributed by atoms with Crippen LogP contribution in [0.1, 0.15) is 6.92 Å². The van der Waals surface area contributed by atoms with Gasteiger partial charge in [0.25, 0.3) is 0 Å². The van der Waals surface area contributed by atoms with Crippen molar-refractivity contribution in [1.29, 1.82) is 5.41 Å². The molecule has 0 rings (SSSR count). The fraction of sp³-hybridized carbons (Fsp3) is 0.100. The van der Waals surface area contributed by atoms with Crippen LogP contribution in [0, 0.1) is 5.41 Å². The summed E-state index contributed by atoms with van der Waals surface area (Å²) in [4.78, 5) is 0. The number of hydrogen-bond donors (Lipinski definition) is 2. The van der Waals surface area contributed by atoms with Crippen molar-refractivity contribution in [3.8, 4) is 0 Å². The fourth-order valence-corrected chi connectivity index (χ4v) is 0.567.